The Bertz CT molecular complexity index is 1470. The summed E-state index contributed by atoms with van der Waals surface area (Å²) in [7, 11) is 0. The van der Waals surface area contributed by atoms with E-state index in [1.54, 1.807) is 43.3 Å². The highest BCUT2D eigenvalue weighted by Crippen LogP contribution is 2.27. The van der Waals surface area contributed by atoms with Crippen LogP contribution in [0.4, 0.5) is 4.39 Å². The van der Waals surface area contributed by atoms with E-state index in [2.05, 4.69) is 20.7 Å². The standard InChI is InChI=1S/C28H28ClFN6O4/c1-18-8-13-24(40-18)27-32-34-36(33-27)17-25(37)35(16-20-5-2-3-7-23(20)29)26(19-9-11-21(30)12-10-19)28(38)31-15-22-6-4-14-39-22/h2-3,5,7-13,22,26H,4,6,14-17H2,1H3,(H,31,38)/t22-,26+/m0/s1. The lowest BCUT2D eigenvalue weighted by atomic mass is 10.0. The molecule has 0 radical (unpaired) electrons. The Balaban J connectivity index is 1.46. The summed E-state index contributed by atoms with van der Waals surface area (Å²) < 4.78 is 25.0. The molecule has 2 aromatic heterocycles. The first kappa shape index (κ1) is 27.5. The maximum Gasteiger partial charge on any atom is 0.247 e. The van der Waals surface area contributed by atoms with Gasteiger partial charge in [-0.05, 0) is 66.4 Å². The van der Waals surface area contributed by atoms with Crippen molar-refractivity contribution in [2.75, 3.05) is 13.2 Å². The van der Waals surface area contributed by atoms with Crippen LogP contribution in [0.3, 0.4) is 0 Å². The lowest BCUT2D eigenvalue weighted by molar-refractivity contribution is -0.142. The van der Waals surface area contributed by atoms with Gasteiger partial charge in [-0.2, -0.15) is 4.80 Å². The molecule has 2 atom stereocenters. The number of hydrogen-bond donors (Lipinski definition) is 1. The molecule has 4 aromatic rings. The average molecular weight is 567 g/mol. The Morgan fingerprint density at radius 3 is 2.67 bits per heavy atom. The van der Waals surface area contributed by atoms with Crippen LogP contribution < -0.4 is 5.32 Å². The van der Waals surface area contributed by atoms with E-state index in [0.29, 0.717) is 40.8 Å². The fraction of sp³-hybridized carbons (Fsp3) is 0.321. The second kappa shape index (κ2) is 12.4. The van der Waals surface area contributed by atoms with Crippen LogP contribution in [0, 0.1) is 12.7 Å². The third-order valence-electron chi connectivity index (χ3n) is 6.58. The largest absolute Gasteiger partial charge is 0.458 e. The summed E-state index contributed by atoms with van der Waals surface area (Å²) in [5.41, 5.74) is 1.07. The molecule has 10 nitrogen and oxygen atoms in total. The summed E-state index contributed by atoms with van der Waals surface area (Å²) >= 11 is 6.45. The predicted molar refractivity (Wildman–Crippen MR) is 143 cm³/mol. The molecule has 208 valence electrons. The molecule has 2 aromatic carbocycles. The van der Waals surface area contributed by atoms with Gasteiger partial charge in [0.25, 0.3) is 0 Å². The molecule has 40 heavy (non-hydrogen) atoms. The fourth-order valence-corrected chi connectivity index (χ4v) is 4.74. The summed E-state index contributed by atoms with van der Waals surface area (Å²) in [4.78, 5) is 30.1. The Morgan fingerprint density at radius 2 is 1.98 bits per heavy atom. The average Bonchev–Trinajstić information content (AvgIpc) is 3.72. The molecular formula is C28H28ClFN6O4. The van der Waals surface area contributed by atoms with Gasteiger partial charge in [0.15, 0.2) is 5.76 Å². The summed E-state index contributed by atoms with van der Waals surface area (Å²) in [5, 5.41) is 15.6. The number of benzene rings is 2. The molecule has 1 fully saturated rings. The van der Waals surface area contributed by atoms with Crippen molar-refractivity contribution in [3.63, 3.8) is 0 Å². The van der Waals surface area contributed by atoms with Crippen molar-refractivity contribution in [2.24, 2.45) is 0 Å². The van der Waals surface area contributed by atoms with Crippen LogP contribution in [0.5, 0.6) is 0 Å². The minimum absolute atomic E-state index is 0.00678. The third-order valence-corrected chi connectivity index (χ3v) is 6.95. The molecule has 0 saturated carbocycles. The van der Waals surface area contributed by atoms with Gasteiger partial charge in [-0.15, -0.1) is 10.2 Å². The number of carbonyl (C=O) groups excluding carboxylic acids is 2. The molecule has 3 heterocycles. The molecule has 1 aliphatic heterocycles. The predicted octanol–water partition coefficient (Wildman–Crippen LogP) is 4.10. The highest BCUT2D eigenvalue weighted by molar-refractivity contribution is 6.31. The van der Waals surface area contributed by atoms with Crippen molar-refractivity contribution in [3.05, 3.63) is 88.4 Å². The number of aryl methyl sites for hydroxylation is 1. The highest BCUT2D eigenvalue weighted by Gasteiger charge is 2.33. The quantitative estimate of drug-likeness (QED) is 0.307. The van der Waals surface area contributed by atoms with E-state index >= 15 is 0 Å². The zero-order chi connectivity index (χ0) is 28.1. The van der Waals surface area contributed by atoms with E-state index in [0.717, 1.165) is 17.6 Å². The van der Waals surface area contributed by atoms with E-state index in [9.17, 15) is 14.0 Å². The zero-order valence-electron chi connectivity index (χ0n) is 21.8. The smallest absolute Gasteiger partial charge is 0.247 e. The van der Waals surface area contributed by atoms with Crippen molar-refractivity contribution in [1.29, 1.82) is 0 Å². The van der Waals surface area contributed by atoms with Crippen LogP contribution in [-0.4, -0.2) is 56.2 Å². The van der Waals surface area contributed by atoms with Gasteiger partial charge in [-0.1, -0.05) is 41.9 Å². The topological polar surface area (TPSA) is 115 Å². The normalized spacial score (nSPS) is 15.6. The van der Waals surface area contributed by atoms with Crippen LogP contribution in [0.2, 0.25) is 5.02 Å². The number of amides is 2. The lowest BCUT2D eigenvalue weighted by Gasteiger charge is -2.32. The number of halogens is 2. The summed E-state index contributed by atoms with van der Waals surface area (Å²) in [6.45, 7) is 2.43. The minimum atomic E-state index is -1.10. The minimum Gasteiger partial charge on any atom is -0.458 e. The first-order chi connectivity index (χ1) is 19.4. The van der Waals surface area contributed by atoms with Crippen LogP contribution >= 0.6 is 11.6 Å². The van der Waals surface area contributed by atoms with Gasteiger partial charge in [0.05, 0.1) is 6.10 Å². The number of tetrazole rings is 1. The number of rotatable bonds is 10. The summed E-state index contributed by atoms with van der Waals surface area (Å²) in [6, 6.07) is 14.9. The van der Waals surface area contributed by atoms with Gasteiger partial charge in [-0.3, -0.25) is 9.59 Å². The van der Waals surface area contributed by atoms with Crippen molar-refractivity contribution in [3.8, 4) is 11.6 Å². The summed E-state index contributed by atoms with van der Waals surface area (Å²) in [5.74, 6) is -0.0325. The molecule has 1 saturated heterocycles. The van der Waals surface area contributed by atoms with Gasteiger partial charge < -0.3 is 19.4 Å². The van der Waals surface area contributed by atoms with Crippen LogP contribution in [0.1, 0.15) is 35.8 Å². The van der Waals surface area contributed by atoms with Gasteiger partial charge in [-0.25, -0.2) is 4.39 Å². The number of furan rings is 1. The molecule has 0 spiro atoms. The van der Waals surface area contributed by atoms with E-state index < -0.39 is 23.7 Å². The van der Waals surface area contributed by atoms with Gasteiger partial charge in [0.2, 0.25) is 17.6 Å². The fourth-order valence-electron chi connectivity index (χ4n) is 4.54. The number of carbonyl (C=O) groups is 2. The third kappa shape index (κ3) is 6.54. The molecule has 0 bridgehead atoms. The first-order valence-electron chi connectivity index (χ1n) is 12.9. The van der Waals surface area contributed by atoms with E-state index in [1.165, 1.54) is 29.2 Å². The maximum absolute atomic E-state index is 13.9. The van der Waals surface area contributed by atoms with Crippen molar-refractivity contribution in [2.45, 2.75) is 45.0 Å². The Hall–Kier alpha value is -4.09. The van der Waals surface area contributed by atoms with E-state index in [1.807, 2.05) is 0 Å². The first-order valence-corrected chi connectivity index (χ1v) is 13.3. The van der Waals surface area contributed by atoms with E-state index in [-0.39, 0.29) is 25.0 Å². The van der Waals surface area contributed by atoms with E-state index in [4.69, 9.17) is 20.8 Å². The number of ether oxygens (including phenoxy) is 1. The number of aromatic nitrogens is 4. The molecule has 1 N–H and O–H groups in total. The Morgan fingerprint density at radius 1 is 1.18 bits per heavy atom. The molecule has 0 aliphatic carbocycles. The molecule has 1 aliphatic rings. The Kier molecular flexibility index (Phi) is 8.51. The lowest BCUT2D eigenvalue weighted by Crippen LogP contribution is -2.46. The molecule has 5 rings (SSSR count). The monoisotopic (exact) mass is 566 g/mol. The molecule has 0 unspecified atom stereocenters. The van der Waals surface area contributed by atoms with Crippen molar-refractivity contribution >= 4 is 23.4 Å². The second-order valence-electron chi connectivity index (χ2n) is 9.50. The Labute approximate surface area is 235 Å². The maximum atomic E-state index is 13.9. The number of hydrogen-bond acceptors (Lipinski definition) is 7. The van der Waals surface area contributed by atoms with Crippen molar-refractivity contribution in [1.82, 2.24) is 30.4 Å². The van der Waals surface area contributed by atoms with Gasteiger partial charge in [0.1, 0.15) is 24.2 Å². The number of nitrogens with zero attached hydrogens (tertiary/aromatic N) is 5. The van der Waals surface area contributed by atoms with Gasteiger partial charge in [0, 0.05) is 24.7 Å². The molecular weight excluding hydrogens is 539 g/mol. The molecule has 12 heteroatoms. The van der Waals surface area contributed by atoms with Gasteiger partial charge >= 0.3 is 0 Å². The van der Waals surface area contributed by atoms with Crippen molar-refractivity contribution < 1.29 is 23.1 Å². The highest BCUT2D eigenvalue weighted by atomic mass is 35.5. The summed E-state index contributed by atoms with van der Waals surface area (Å²) in [6.07, 6.45) is 1.65. The SMILES string of the molecule is Cc1ccc(-c2nnn(CC(=O)N(Cc3ccccc3Cl)[C@@H](C(=O)NC[C@@H]3CCCO3)c3ccc(F)cc3)n2)o1. The second-order valence-corrected chi connectivity index (χ2v) is 9.91. The molecule has 2 amide bonds. The zero-order valence-corrected chi connectivity index (χ0v) is 22.6. The number of nitrogens with one attached hydrogen (secondary N) is 1. The van der Waals surface area contributed by atoms with Crippen LogP contribution in [0.15, 0.2) is 65.1 Å². The van der Waals surface area contributed by atoms with Crippen LogP contribution in [0.25, 0.3) is 11.6 Å². The van der Waals surface area contributed by atoms with Crippen LogP contribution in [-0.2, 0) is 27.4 Å².